The molecule has 0 fully saturated rings. The average Bonchev–Trinajstić information content (AvgIpc) is 1.91. The van der Waals surface area contributed by atoms with Crippen molar-refractivity contribution in [3.63, 3.8) is 0 Å². The lowest BCUT2D eigenvalue weighted by atomic mass is 10.8. The number of hydrogen-bond donors (Lipinski definition) is 2. The second-order valence-corrected chi connectivity index (χ2v) is 3.42. The molecule has 2 nitrogen and oxygen atoms in total. The van der Waals surface area contributed by atoms with Gasteiger partial charge in [-0.2, -0.15) is 17.7 Å². The molecule has 1 aliphatic rings. The van der Waals surface area contributed by atoms with E-state index in [2.05, 4.69) is 34.9 Å². The third-order valence-electron chi connectivity index (χ3n) is 0.576. The lowest BCUT2D eigenvalue weighted by molar-refractivity contribution is 1.01. The van der Waals surface area contributed by atoms with Crippen LogP contribution in [0.25, 0.3) is 0 Å². The van der Waals surface area contributed by atoms with Gasteiger partial charge in [-0.3, -0.25) is 0 Å². The SMILES string of the molecule is SC1N=NSC1S. The molecule has 0 aromatic heterocycles. The molecule has 1 rings (SSSR count). The Morgan fingerprint density at radius 1 is 1.43 bits per heavy atom. The van der Waals surface area contributed by atoms with Gasteiger partial charge in [0.25, 0.3) is 0 Å². The fourth-order valence-electron chi connectivity index (χ4n) is 0.235. The Bertz CT molecular complexity index is 92.9. The van der Waals surface area contributed by atoms with Gasteiger partial charge in [-0.25, -0.2) is 0 Å². The Morgan fingerprint density at radius 2 is 2.14 bits per heavy atom. The highest BCUT2D eigenvalue weighted by molar-refractivity contribution is 8.10. The summed E-state index contributed by atoms with van der Waals surface area (Å²) in [4.78, 5) is 0. The van der Waals surface area contributed by atoms with Crippen molar-refractivity contribution >= 4 is 37.2 Å². The van der Waals surface area contributed by atoms with E-state index in [-0.39, 0.29) is 9.96 Å². The van der Waals surface area contributed by atoms with Gasteiger partial charge >= 0.3 is 0 Å². The molecule has 5 heteroatoms. The predicted molar refractivity (Wildman–Crippen MR) is 38.0 cm³/mol. The smallest absolute Gasteiger partial charge is 0.137 e. The summed E-state index contributed by atoms with van der Waals surface area (Å²) in [6.07, 6.45) is 0. The number of hydrogen-bond acceptors (Lipinski definition) is 5. The minimum absolute atomic E-state index is 0.00617. The molecular formula is C2H4N2S3. The first-order valence-corrected chi connectivity index (χ1v) is 3.60. The van der Waals surface area contributed by atoms with Crippen molar-refractivity contribution in [2.24, 2.45) is 9.63 Å². The summed E-state index contributed by atoms with van der Waals surface area (Å²) in [5.74, 6) is 0. The van der Waals surface area contributed by atoms with Gasteiger partial charge in [-0.05, 0) is 0 Å². The van der Waals surface area contributed by atoms with E-state index in [9.17, 15) is 0 Å². The van der Waals surface area contributed by atoms with E-state index in [1.54, 1.807) is 0 Å². The molecule has 7 heavy (non-hydrogen) atoms. The van der Waals surface area contributed by atoms with Gasteiger partial charge < -0.3 is 0 Å². The maximum absolute atomic E-state index is 4.09. The molecule has 2 atom stereocenters. The maximum Gasteiger partial charge on any atom is 0.137 e. The molecule has 0 aliphatic carbocycles. The highest BCUT2D eigenvalue weighted by Crippen LogP contribution is 2.30. The number of thiol groups is 2. The normalized spacial score (nSPS) is 39.7. The summed E-state index contributed by atoms with van der Waals surface area (Å²) >= 11 is 9.47. The van der Waals surface area contributed by atoms with Crippen LogP contribution in [0.5, 0.6) is 0 Å². The van der Waals surface area contributed by atoms with Crippen LogP contribution in [0, 0.1) is 0 Å². The van der Waals surface area contributed by atoms with Crippen LogP contribution in [0.3, 0.4) is 0 Å². The predicted octanol–water partition coefficient (Wildman–Crippen LogP) is 1.61. The molecule has 2 unspecified atom stereocenters. The molecule has 0 aromatic carbocycles. The fraction of sp³-hybridized carbons (Fsp3) is 1.00. The molecule has 0 N–H and O–H groups in total. The van der Waals surface area contributed by atoms with Crippen molar-refractivity contribution < 1.29 is 0 Å². The first-order valence-electron chi connectivity index (χ1n) is 1.73. The van der Waals surface area contributed by atoms with Crippen molar-refractivity contribution in [3.8, 4) is 0 Å². The molecule has 0 amide bonds. The van der Waals surface area contributed by atoms with Crippen LogP contribution in [0.2, 0.25) is 0 Å². The summed E-state index contributed by atoms with van der Waals surface area (Å²) in [5, 5.41) is 3.69. The highest BCUT2D eigenvalue weighted by Gasteiger charge is 2.18. The highest BCUT2D eigenvalue weighted by atomic mass is 32.2. The van der Waals surface area contributed by atoms with Crippen LogP contribution in [-0.2, 0) is 0 Å². The average molecular weight is 152 g/mol. The third kappa shape index (κ3) is 1.27. The van der Waals surface area contributed by atoms with Gasteiger partial charge in [0, 0.05) is 11.9 Å². The van der Waals surface area contributed by atoms with Crippen LogP contribution >= 0.6 is 37.2 Å². The van der Waals surface area contributed by atoms with Crippen molar-refractivity contribution in [1.29, 1.82) is 0 Å². The molecule has 0 saturated heterocycles. The van der Waals surface area contributed by atoms with Gasteiger partial charge in [-0.15, -0.1) is 17.1 Å². The van der Waals surface area contributed by atoms with Gasteiger partial charge in [-0.1, -0.05) is 0 Å². The molecule has 1 heterocycles. The Kier molecular flexibility index (Phi) is 1.88. The lowest BCUT2D eigenvalue weighted by Crippen LogP contribution is -2.00. The molecule has 0 radical (unpaired) electrons. The number of rotatable bonds is 0. The van der Waals surface area contributed by atoms with Crippen molar-refractivity contribution in [2.45, 2.75) is 9.96 Å². The van der Waals surface area contributed by atoms with Crippen molar-refractivity contribution in [3.05, 3.63) is 0 Å². The van der Waals surface area contributed by atoms with E-state index in [1.165, 1.54) is 11.9 Å². The summed E-state index contributed by atoms with van der Waals surface area (Å²) in [7, 11) is 0. The standard InChI is InChI=1S/C2H4N2S3/c5-1-2(6)7-4-3-1/h1-2,5-6H. The monoisotopic (exact) mass is 152 g/mol. The Labute approximate surface area is 57.1 Å². The van der Waals surface area contributed by atoms with E-state index in [0.29, 0.717) is 0 Å². The van der Waals surface area contributed by atoms with Crippen LogP contribution < -0.4 is 0 Å². The molecule has 0 saturated carbocycles. The molecule has 40 valence electrons. The Balaban J connectivity index is 2.45. The van der Waals surface area contributed by atoms with Gasteiger partial charge in [0.1, 0.15) is 9.96 Å². The van der Waals surface area contributed by atoms with Crippen LogP contribution in [0.15, 0.2) is 9.63 Å². The van der Waals surface area contributed by atoms with Crippen LogP contribution in [-0.4, -0.2) is 9.96 Å². The minimum Gasteiger partial charge on any atom is -0.166 e. The second kappa shape index (κ2) is 2.28. The molecule has 0 aromatic rings. The van der Waals surface area contributed by atoms with Crippen molar-refractivity contribution in [2.75, 3.05) is 0 Å². The first kappa shape index (κ1) is 5.78. The van der Waals surface area contributed by atoms with Gasteiger partial charge in [0.2, 0.25) is 0 Å². The van der Waals surface area contributed by atoms with E-state index < -0.39 is 0 Å². The van der Waals surface area contributed by atoms with Crippen molar-refractivity contribution in [1.82, 2.24) is 0 Å². The van der Waals surface area contributed by atoms with E-state index in [1.807, 2.05) is 0 Å². The quantitative estimate of drug-likeness (QED) is 0.400. The summed E-state index contributed by atoms with van der Waals surface area (Å²) in [6, 6.07) is 0. The second-order valence-electron chi connectivity index (χ2n) is 1.11. The first-order chi connectivity index (χ1) is 3.30. The zero-order valence-electron chi connectivity index (χ0n) is 3.35. The van der Waals surface area contributed by atoms with Gasteiger partial charge in [0.15, 0.2) is 0 Å². The summed E-state index contributed by atoms with van der Waals surface area (Å²) < 4.78 is 3.79. The largest absolute Gasteiger partial charge is 0.166 e. The summed E-state index contributed by atoms with van der Waals surface area (Å²) in [5.41, 5.74) is 0. The minimum atomic E-state index is -0.00617. The van der Waals surface area contributed by atoms with E-state index >= 15 is 0 Å². The van der Waals surface area contributed by atoms with E-state index in [4.69, 9.17) is 0 Å². The summed E-state index contributed by atoms with van der Waals surface area (Å²) in [6.45, 7) is 0. The zero-order chi connectivity index (χ0) is 5.28. The topological polar surface area (TPSA) is 24.7 Å². The molecule has 0 bridgehead atoms. The molecule has 0 spiro atoms. The molecule has 1 aliphatic heterocycles. The maximum atomic E-state index is 4.09. The van der Waals surface area contributed by atoms with Crippen LogP contribution in [0.1, 0.15) is 0 Å². The van der Waals surface area contributed by atoms with Crippen LogP contribution in [0.4, 0.5) is 0 Å². The molecular weight excluding hydrogens is 148 g/mol. The fourth-order valence-corrected chi connectivity index (χ4v) is 1.12. The third-order valence-corrected chi connectivity index (χ3v) is 2.64. The Hall–Kier alpha value is 0.650. The zero-order valence-corrected chi connectivity index (χ0v) is 5.96. The number of nitrogens with zero attached hydrogens (tertiary/aromatic N) is 2. The lowest BCUT2D eigenvalue weighted by Gasteiger charge is -1.97. The Morgan fingerprint density at radius 3 is 2.29 bits per heavy atom. The van der Waals surface area contributed by atoms with Gasteiger partial charge in [0.05, 0.1) is 0 Å². The van der Waals surface area contributed by atoms with E-state index in [0.717, 1.165) is 0 Å².